The number of amides is 1. The highest BCUT2D eigenvalue weighted by Gasteiger charge is 2.37. The summed E-state index contributed by atoms with van der Waals surface area (Å²) in [6.07, 6.45) is 0.173. The largest absolute Gasteiger partial charge is 0.465 e. The standard InChI is InChI=1S/C13H9BrCl3NO3/c14-8-4-1-2-5-9(8)21-12(13(15,16)17)18-11(19)10-6-3-7-20-10/h1-7,12H,(H,18,19)/t12-/m1/s1. The fraction of sp³-hybridized carbons (Fsp3) is 0.154. The molecule has 0 spiro atoms. The zero-order valence-corrected chi connectivity index (χ0v) is 14.2. The molecule has 1 atom stereocenters. The van der Waals surface area contributed by atoms with Crippen LogP contribution >= 0.6 is 50.7 Å². The monoisotopic (exact) mass is 411 g/mol. The lowest BCUT2D eigenvalue weighted by Gasteiger charge is -2.26. The number of hydrogen-bond donors (Lipinski definition) is 1. The summed E-state index contributed by atoms with van der Waals surface area (Å²) in [5, 5.41) is 2.46. The third-order valence-electron chi connectivity index (χ3n) is 2.39. The molecule has 0 fully saturated rings. The van der Waals surface area contributed by atoms with Crippen LogP contribution < -0.4 is 10.1 Å². The summed E-state index contributed by atoms with van der Waals surface area (Å²) in [4.78, 5) is 12.0. The number of ether oxygens (including phenoxy) is 1. The average molecular weight is 413 g/mol. The maximum Gasteiger partial charge on any atom is 0.289 e. The van der Waals surface area contributed by atoms with Gasteiger partial charge in [-0.3, -0.25) is 4.79 Å². The second kappa shape index (κ2) is 6.92. The molecule has 4 nitrogen and oxygen atoms in total. The second-order valence-corrected chi connectivity index (χ2v) is 7.14. The van der Waals surface area contributed by atoms with Crippen molar-refractivity contribution in [3.05, 3.63) is 52.9 Å². The topological polar surface area (TPSA) is 51.5 Å². The zero-order valence-electron chi connectivity index (χ0n) is 10.4. The van der Waals surface area contributed by atoms with Crippen LogP contribution in [0.25, 0.3) is 0 Å². The molecule has 0 unspecified atom stereocenters. The van der Waals surface area contributed by atoms with Gasteiger partial charge in [0.15, 0.2) is 5.76 Å². The molecule has 0 saturated carbocycles. The van der Waals surface area contributed by atoms with E-state index in [9.17, 15) is 4.79 Å². The van der Waals surface area contributed by atoms with Crippen molar-refractivity contribution in [2.45, 2.75) is 10.0 Å². The van der Waals surface area contributed by atoms with Crippen molar-refractivity contribution in [3.8, 4) is 5.75 Å². The first-order chi connectivity index (χ1) is 9.88. The molecule has 1 N–H and O–H groups in total. The van der Waals surface area contributed by atoms with Crippen molar-refractivity contribution in [1.29, 1.82) is 0 Å². The van der Waals surface area contributed by atoms with E-state index in [2.05, 4.69) is 21.2 Å². The van der Waals surface area contributed by atoms with Gasteiger partial charge in [0.1, 0.15) is 5.75 Å². The quantitative estimate of drug-likeness (QED) is 0.591. The van der Waals surface area contributed by atoms with Crippen molar-refractivity contribution < 1.29 is 13.9 Å². The molecule has 1 heterocycles. The molecule has 21 heavy (non-hydrogen) atoms. The van der Waals surface area contributed by atoms with Crippen molar-refractivity contribution in [3.63, 3.8) is 0 Å². The minimum Gasteiger partial charge on any atom is -0.465 e. The molecule has 0 aliphatic heterocycles. The first kappa shape index (κ1) is 16.5. The molecular weight excluding hydrogens is 404 g/mol. The maximum absolute atomic E-state index is 12.0. The van der Waals surface area contributed by atoms with Crippen LogP contribution in [0.1, 0.15) is 10.6 Å². The number of nitrogens with one attached hydrogen (secondary N) is 1. The van der Waals surface area contributed by atoms with Gasteiger partial charge in [-0.1, -0.05) is 46.9 Å². The van der Waals surface area contributed by atoms with Gasteiger partial charge >= 0.3 is 0 Å². The van der Waals surface area contributed by atoms with E-state index in [1.807, 2.05) is 6.07 Å². The lowest BCUT2D eigenvalue weighted by molar-refractivity contribution is 0.0804. The number of furan rings is 1. The van der Waals surface area contributed by atoms with E-state index in [0.717, 1.165) is 0 Å². The Labute approximate surface area is 144 Å². The number of carbonyl (C=O) groups is 1. The Balaban J connectivity index is 2.16. The first-order valence-corrected chi connectivity index (χ1v) is 7.63. The molecule has 112 valence electrons. The van der Waals surface area contributed by atoms with E-state index in [4.69, 9.17) is 44.0 Å². The third kappa shape index (κ3) is 4.54. The molecule has 2 aromatic rings. The smallest absolute Gasteiger partial charge is 0.289 e. The number of carbonyl (C=O) groups excluding carboxylic acids is 1. The van der Waals surface area contributed by atoms with Crippen LogP contribution in [-0.2, 0) is 0 Å². The molecule has 8 heteroatoms. The Kier molecular flexibility index (Phi) is 5.43. The number of benzene rings is 1. The van der Waals surface area contributed by atoms with Gasteiger partial charge < -0.3 is 14.5 Å². The summed E-state index contributed by atoms with van der Waals surface area (Å²) >= 11 is 20.9. The fourth-order valence-corrected chi connectivity index (χ4v) is 2.12. The van der Waals surface area contributed by atoms with Crippen LogP contribution in [-0.4, -0.2) is 15.9 Å². The Bertz CT molecular complexity index is 613. The normalized spacial score (nSPS) is 12.8. The molecule has 0 aliphatic rings. The van der Waals surface area contributed by atoms with E-state index in [1.165, 1.54) is 12.3 Å². The van der Waals surface area contributed by atoms with Crippen LogP contribution in [0.2, 0.25) is 0 Å². The summed E-state index contributed by atoms with van der Waals surface area (Å²) in [5.41, 5.74) is 0. The molecule has 0 bridgehead atoms. The summed E-state index contributed by atoms with van der Waals surface area (Å²) < 4.78 is 9.34. The van der Waals surface area contributed by atoms with E-state index < -0.39 is 15.9 Å². The predicted octanol–water partition coefficient (Wildman–Crippen LogP) is 4.55. The van der Waals surface area contributed by atoms with Gasteiger partial charge in [0, 0.05) is 0 Å². The Morgan fingerprint density at radius 2 is 1.95 bits per heavy atom. The lowest BCUT2D eigenvalue weighted by Crippen LogP contribution is -2.47. The van der Waals surface area contributed by atoms with Crippen LogP contribution in [0.4, 0.5) is 0 Å². The molecule has 1 aromatic heterocycles. The highest BCUT2D eigenvalue weighted by Crippen LogP contribution is 2.34. The van der Waals surface area contributed by atoms with Gasteiger partial charge in [-0.05, 0) is 40.2 Å². The highest BCUT2D eigenvalue weighted by molar-refractivity contribution is 9.10. The van der Waals surface area contributed by atoms with Crippen LogP contribution in [0.15, 0.2) is 51.6 Å². The van der Waals surface area contributed by atoms with Crippen LogP contribution in [0.3, 0.4) is 0 Å². The van der Waals surface area contributed by atoms with Crippen molar-refractivity contribution >= 4 is 56.6 Å². The number of para-hydroxylation sites is 1. The zero-order chi connectivity index (χ0) is 15.5. The summed E-state index contributed by atoms with van der Waals surface area (Å²) in [5.74, 6) is -0.0399. The average Bonchev–Trinajstić information content (AvgIpc) is 2.93. The molecular formula is C13H9BrCl3NO3. The molecule has 2 rings (SSSR count). The molecule has 0 saturated heterocycles. The van der Waals surface area contributed by atoms with Gasteiger partial charge in [0.05, 0.1) is 10.7 Å². The highest BCUT2D eigenvalue weighted by atomic mass is 79.9. The Morgan fingerprint density at radius 1 is 1.24 bits per heavy atom. The van der Waals surface area contributed by atoms with Crippen LogP contribution in [0, 0.1) is 0 Å². The van der Waals surface area contributed by atoms with Crippen molar-refractivity contribution in [2.75, 3.05) is 0 Å². The first-order valence-electron chi connectivity index (χ1n) is 5.70. The third-order valence-corrected chi connectivity index (χ3v) is 3.64. The number of halogens is 4. The van der Waals surface area contributed by atoms with E-state index in [1.54, 1.807) is 24.3 Å². The van der Waals surface area contributed by atoms with Gasteiger partial charge in [-0.2, -0.15) is 0 Å². The minimum atomic E-state index is -1.86. The second-order valence-electron chi connectivity index (χ2n) is 3.92. The van der Waals surface area contributed by atoms with E-state index >= 15 is 0 Å². The molecule has 0 radical (unpaired) electrons. The van der Waals surface area contributed by atoms with E-state index in [0.29, 0.717) is 10.2 Å². The van der Waals surface area contributed by atoms with Crippen molar-refractivity contribution in [2.24, 2.45) is 0 Å². The van der Waals surface area contributed by atoms with Gasteiger partial charge in [-0.25, -0.2) is 0 Å². The number of hydrogen-bond acceptors (Lipinski definition) is 3. The predicted molar refractivity (Wildman–Crippen MR) is 85.0 cm³/mol. The Morgan fingerprint density at radius 3 is 2.52 bits per heavy atom. The SMILES string of the molecule is O=C(N[C@H](Oc1ccccc1Br)C(Cl)(Cl)Cl)c1ccco1. The summed E-state index contributed by atoms with van der Waals surface area (Å²) in [6, 6.07) is 10.1. The Hall–Kier alpha value is -0.880. The summed E-state index contributed by atoms with van der Waals surface area (Å²) in [7, 11) is 0. The number of alkyl halides is 3. The van der Waals surface area contributed by atoms with Crippen LogP contribution in [0.5, 0.6) is 5.75 Å². The van der Waals surface area contributed by atoms with Crippen molar-refractivity contribution in [1.82, 2.24) is 5.32 Å². The van der Waals surface area contributed by atoms with Gasteiger partial charge in [0.25, 0.3) is 5.91 Å². The molecule has 0 aliphatic carbocycles. The summed E-state index contributed by atoms with van der Waals surface area (Å²) in [6.45, 7) is 0. The lowest BCUT2D eigenvalue weighted by atomic mass is 10.3. The van der Waals surface area contributed by atoms with Gasteiger partial charge in [0.2, 0.25) is 10.0 Å². The molecule has 1 amide bonds. The van der Waals surface area contributed by atoms with Gasteiger partial charge in [-0.15, -0.1) is 0 Å². The fourth-order valence-electron chi connectivity index (χ4n) is 1.44. The minimum absolute atomic E-state index is 0.0879. The number of rotatable bonds is 4. The van der Waals surface area contributed by atoms with E-state index in [-0.39, 0.29) is 5.76 Å². The molecule has 1 aromatic carbocycles. The maximum atomic E-state index is 12.0.